The van der Waals surface area contributed by atoms with Crippen molar-refractivity contribution in [2.45, 2.75) is 375 Å². The summed E-state index contributed by atoms with van der Waals surface area (Å²) in [4.78, 5) is 72.5. The normalized spacial score (nSPS) is 14.2. The van der Waals surface area contributed by atoms with Crippen LogP contribution in [-0.2, 0) is 65.4 Å². The molecule has 0 saturated heterocycles. The second-order valence-electron chi connectivity index (χ2n) is 27.1. The molecule has 0 aliphatic rings. The second-order valence-corrected chi connectivity index (χ2v) is 30.0. The molecule has 0 aromatic rings. The van der Waals surface area contributed by atoms with Gasteiger partial charge in [-0.2, -0.15) is 0 Å². The Morgan fingerprint density at radius 3 is 0.756 bits per heavy atom. The summed E-state index contributed by atoms with van der Waals surface area (Å²) in [5.41, 5.74) is 0. The summed E-state index contributed by atoms with van der Waals surface area (Å²) < 4.78 is 68.3. The van der Waals surface area contributed by atoms with E-state index in [1.54, 1.807) is 0 Å². The fraction of sp³-hybridized carbons (Fsp3) is 0.944. The average molecular weight is 1330 g/mol. The van der Waals surface area contributed by atoms with Crippen LogP contribution in [0.15, 0.2) is 0 Å². The van der Waals surface area contributed by atoms with Crippen molar-refractivity contribution in [3.63, 3.8) is 0 Å². The Labute approximate surface area is 549 Å². The van der Waals surface area contributed by atoms with Gasteiger partial charge in [-0.1, -0.05) is 305 Å². The highest BCUT2D eigenvalue weighted by molar-refractivity contribution is 7.47. The number of rotatable bonds is 69. The zero-order valence-electron chi connectivity index (χ0n) is 58.6. The number of phosphoric ester groups is 2. The van der Waals surface area contributed by atoms with Gasteiger partial charge in [0.15, 0.2) is 12.2 Å². The lowest BCUT2D eigenvalue weighted by atomic mass is 10.0. The molecule has 0 radical (unpaired) electrons. The molecule has 0 spiro atoms. The third-order valence-corrected chi connectivity index (χ3v) is 18.3. The van der Waals surface area contributed by atoms with Crippen molar-refractivity contribution in [1.29, 1.82) is 0 Å². The molecule has 0 bridgehead atoms. The molecule has 2 unspecified atom stereocenters. The minimum atomic E-state index is -4.95. The standard InChI is InChI=1S/C71H138O17P2/c1-8-9-10-11-12-13-14-15-16-17-18-19-20-25-32-40-47-54-70(75)87-66(58-81-68(73)52-45-38-31-24-22-21-23-28-35-42-49-62(2)3)60-85-89(77,78)83-56-65(72)57-84-90(79,80)86-61-67(88-71(76)55-48-41-34-27-30-37-44-51-64(6)7)59-82-69(74)53-46-39-33-26-29-36-43-50-63(4)5/h62-67,72H,8-61H2,1-7H3,(H,77,78)(H,79,80)/t65-,66-,67-/m1/s1. The van der Waals surface area contributed by atoms with E-state index in [0.717, 1.165) is 102 Å². The predicted molar refractivity (Wildman–Crippen MR) is 363 cm³/mol. The molecule has 0 aromatic heterocycles. The number of hydrogen-bond donors (Lipinski definition) is 3. The molecular weight excluding hydrogens is 1190 g/mol. The first-order chi connectivity index (χ1) is 43.2. The highest BCUT2D eigenvalue weighted by atomic mass is 31.2. The average Bonchev–Trinajstić information content (AvgIpc) is 3.13. The third kappa shape index (κ3) is 64.8. The van der Waals surface area contributed by atoms with Crippen LogP contribution in [0.2, 0.25) is 0 Å². The van der Waals surface area contributed by atoms with Crippen molar-refractivity contribution in [2.24, 2.45) is 17.8 Å². The zero-order chi connectivity index (χ0) is 66.6. The summed E-state index contributed by atoms with van der Waals surface area (Å²) in [5.74, 6) is 0.0315. The molecule has 0 aliphatic heterocycles. The fourth-order valence-electron chi connectivity index (χ4n) is 10.7. The summed E-state index contributed by atoms with van der Waals surface area (Å²) in [6.45, 7) is 11.7. The van der Waals surface area contributed by atoms with Crippen molar-refractivity contribution in [1.82, 2.24) is 0 Å². The van der Waals surface area contributed by atoms with Gasteiger partial charge in [0.2, 0.25) is 0 Å². The number of unbranched alkanes of at least 4 members (excludes halogenated alkanes) is 37. The first-order valence-electron chi connectivity index (χ1n) is 36.8. The van der Waals surface area contributed by atoms with E-state index >= 15 is 0 Å². The molecule has 534 valence electrons. The smallest absolute Gasteiger partial charge is 0.462 e. The molecule has 3 N–H and O–H groups in total. The zero-order valence-corrected chi connectivity index (χ0v) is 60.4. The topological polar surface area (TPSA) is 237 Å². The predicted octanol–water partition coefficient (Wildman–Crippen LogP) is 20.2. The molecule has 0 aliphatic carbocycles. The van der Waals surface area contributed by atoms with E-state index in [1.807, 2.05) is 0 Å². The van der Waals surface area contributed by atoms with Gasteiger partial charge in [0.05, 0.1) is 26.4 Å². The monoisotopic (exact) mass is 1320 g/mol. The molecule has 0 fully saturated rings. The van der Waals surface area contributed by atoms with Crippen molar-refractivity contribution >= 4 is 39.5 Å². The summed E-state index contributed by atoms with van der Waals surface area (Å²) in [7, 11) is -9.90. The lowest BCUT2D eigenvalue weighted by Crippen LogP contribution is -2.30. The van der Waals surface area contributed by atoms with Crippen LogP contribution < -0.4 is 0 Å². The molecule has 90 heavy (non-hydrogen) atoms. The van der Waals surface area contributed by atoms with Gasteiger partial charge >= 0.3 is 39.5 Å². The number of phosphoric acid groups is 2. The molecule has 0 saturated carbocycles. The quantitative estimate of drug-likeness (QED) is 0.0222. The van der Waals surface area contributed by atoms with E-state index < -0.39 is 97.5 Å². The number of aliphatic hydroxyl groups is 1. The van der Waals surface area contributed by atoms with Crippen LogP contribution in [-0.4, -0.2) is 96.7 Å². The first kappa shape index (κ1) is 88.1. The Bertz CT molecular complexity index is 1770. The SMILES string of the molecule is CCCCCCCCCCCCCCCCCCCC(=O)O[C@H](COC(=O)CCCCCCCCCCCCC(C)C)COP(=O)(O)OC[C@@H](O)COP(=O)(O)OC[C@@H](COC(=O)CCCCCCCCCC(C)C)OC(=O)CCCCCCCCCC(C)C. The van der Waals surface area contributed by atoms with Gasteiger partial charge < -0.3 is 33.8 Å². The maximum absolute atomic E-state index is 13.0. The molecule has 0 heterocycles. The van der Waals surface area contributed by atoms with E-state index in [1.165, 1.54) is 161 Å². The summed E-state index contributed by atoms with van der Waals surface area (Å²) in [6, 6.07) is 0. The van der Waals surface area contributed by atoms with Crippen molar-refractivity contribution in [3.8, 4) is 0 Å². The molecule has 0 rings (SSSR count). The van der Waals surface area contributed by atoms with Gasteiger partial charge in [0, 0.05) is 25.7 Å². The molecule has 17 nitrogen and oxygen atoms in total. The summed E-state index contributed by atoms with van der Waals surface area (Å²) in [5, 5.41) is 10.6. The van der Waals surface area contributed by atoms with Crippen LogP contribution in [0.1, 0.15) is 357 Å². The minimum absolute atomic E-state index is 0.102. The van der Waals surface area contributed by atoms with Gasteiger partial charge in [0.1, 0.15) is 19.3 Å². The number of hydrogen-bond acceptors (Lipinski definition) is 15. The van der Waals surface area contributed by atoms with Gasteiger partial charge in [-0.15, -0.1) is 0 Å². The highest BCUT2D eigenvalue weighted by Gasteiger charge is 2.30. The summed E-state index contributed by atoms with van der Waals surface area (Å²) >= 11 is 0. The van der Waals surface area contributed by atoms with Crippen LogP contribution in [0.3, 0.4) is 0 Å². The Balaban J connectivity index is 5.23. The lowest BCUT2D eigenvalue weighted by Gasteiger charge is -2.21. The lowest BCUT2D eigenvalue weighted by molar-refractivity contribution is -0.161. The number of aliphatic hydroxyl groups excluding tert-OH is 1. The van der Waals surface area contributed by atoms with E-state index in [2.05, 4.69) is 48.5 Å². The second kappa shape index (κ2) is 61.9. The number of carbonyl (C=O) groups excluding carboxylic acids is 4. The van der Waals surface area contributed by atoms with Crippen LogP contribution >= 0.6 is 15.6 Å². The Morgan fingerprint density at radius 1 is 0.300 bits per heavy atom. The van der Waals surface area contributed by atoms with Gasteiger partial charge in [0.25, 0.3) is 0 Å². The van der Waals surface area contributed by atoms with Crippen LogP contribution in [0.25, 0.3) is 0 Å². The summed E-state index contributed by atoms with van der Waals surface area (Å²) in [6.07, 6.45) is 46.0. The van der Waals surface area contributed by atoms with Crippen LogP contribution in [0, 0.1) is 17.8 Å². The minimum Gasteiger partial charge on any atom is -0.462 e. The highest BCUT2D eigenvalue weighted by Crippen LogP contribution is 2.45. The van der Waals surface area contributed by atoms with Gasteiger partial charge in [-0.3, -0.25) is 37.3 Å². The Kier molecular flexibility index (Phi) is 60.6. The molecule has 19 heteroatoms. The van der Waals surface area contributed by atoms with Gasteiger partial charge in [-0.05, 0) is 43.4 Å². The third-order valence-electron chi connectivity index (χ3n) is 16.4. The van der Waals surface area contributed by atoms with E-state index in [-0.39, 0.29) is 25.7 Å². The number of esters is 4. The number of carbonyl (C=O) groups is 4. The maximum atomic E-state index is 13.0. The molecule has 5 atom stereocenters. The van der Waals surface area contributed by atoms with Gasteiger partial charge in [-0.25, -0.2) is 9.13 Å². The number of ether oxygens (including phenoxy) is 4. The molecular formula is C71H138O17P2. The fourth-order valence-corrected chi connectivity index (χ4v) is 12.3. The Morgan fingerprint density at radius 2 is 0.511 bits per heavy atom. The van der Waals surface area contributed by atoms with E-state index in [0.29, 0.717) is 37.5 Å². The Hall–Kier alpha value is -1.94. The molecule has 0 amide bonds. The van der Waals surface area contributed by atoms with E-state index in [9.17, 15) is 43.2 Å². The first-order valence-corrected chi connectivity index (χ1v) is 39.8. The van der Waals surface area contributed by atoms with Crippen molar-refractivity contribution in [3.05, 3.63) is 0 Å². The largest absolute Gasteiger partial charge is 0.472 e. The van der Waals surface area contributed by atoms with Crippen molar-refractivity contribution < 1.29 is 80.2 Å². The maximum Gasteiger partial charge on any atom is 0.472 e. The van der Waals surface area contributed by atoms with E-state index in [4.69, 9.17) is 37.0 Å². The van der Waals surface area contributed by atoms with Crippen LogP contribution in [0.4, 0.5) is 0 Å². The molecule has 0 aromatic carbocycles. The van der Waals surface area contributed by atoms with Crippen LogP contribution in [0.5, 0.6) is 0 Å². The van der Waals surface area contributed by atoms with Crippen molar-refractivity contribution in [2.75, 3.05) is 39.6 Å².